The molecule has 0 radical (unpaired) electrons. The van der Waals surface area contributed by atoms with Crippen LogP contribution in [0.1, 0.15) is 36.6 Å². The molecule has 1 aliphatic heterocycles. The summed E-state index contributed by atoms with van der Waals surface area (Å²) in [5.41, 5.74) is 1.11. The zero-order chi connectivity index (χ0) is 18.0. The Morgan fingerprint density at radius 2 is 2.00 bits per heavy atom. The smallest absolute Gasteiger partial charge is 0.224 e. The Bertz CT molecular complexity index is 825. The topological polar surface area (TPSA) is 82.3 Å². The summed E-state index contributed by atoms with van der Waals surface area (Å²) in [6.07, 6.45) is -0.716. The number of nitrogens with zero attached hydrogens (tertiary/aromatic N) is 1. The second-order valence-electron chi connectivity index (χ2n) is 6.72. The molecular formula is C20H20N2O3. The number of aliphatic hydroxyl groups excluding tert-OH is 1. The van der Waals surface area contributed by atoms with Crippen molar-refractivity contribution in [2.75, 3.05) is 0 Å². The van der Waals surface area contributed by atoms with Gasteiger partial charge in [-0.05, 0) is 37.6 Å². The van der Waals surface area contributed by atoms with Crippen LogP contribution in [0.3, 0.4) is 0 Å². The van der Waals surface area contributed by atoms with Gasteiger partial charge in [0.15, 0.2) is 0 Å². The van der Waals surface area contributed by atoms with Crippen molar-refractivity contribution in [3.63, 3.8) is 0 Å². The lowest BCUT2D eigenvalue weighted by Crippen LogP contribution is -2.53. The Morgan fingerprint density at radius 1 is 1.28 bits per heavy atom. The summed E-state index contributed by atoms with van der Waals surface area (Å²) in [6, 6.07) is 15.9. The van der Waals surface area contributed by atoms with Crippen LogP contribution in [0.2, 0.25) is 0 Å². The molecule has 2 unspecified atom stereocenters. The van der Waals surface area contributed by atoms with Crippen molar-refractivity contribution in [3.8, 4) is 11.8 Å². The van der Waals surface area contributed by atoms with Gasteiger partial charge in [-0.15, -0.1) is 0 Å². The SMILES string of the molecule is CC1(C)Oc2ccc(C#N)cc2C(NC(=O)Cc2ccccc2)C1O. The van der Waals surface area contributed by atoms with E-state index in [-0.39, 0.29) is 12.3 Å². The fourth-order valence-electron chi connectivity index (χ4n) is 3.03. The number of aliphatic hydroxyl groups is 1. The molecular weight excluding hydrogens is 316 g/mol. The van der Waals surface area contributed by atoms with Gasteiger partial charge in [0.25, 0.3) is 0 Å². The van der Waals surface area contributed by atoms with Gasteiger partial charge in [0.1, 0.15) is 17.5 Å². The van der Waals surface area contributed by atoms with Crippen molar-refractivity contribution in [2.24, 2.45) is 0 Å². The van der Waals surface area contributed by atoms with Crippen LogP contribution in [-0.2, 0) is 11.2 Å². The fourth-order valence-corrected chi connectivity index (χ4v) is 3.03. The Hall–Kier alpha value is -2.84. The molecule has 128 valence electrons. The first-order valence-corrected chi connectivity index (χ1v) is 8.15. The van der Waals surface area contributed by atoms with Crippen LogP contribution < -0.4 is 10.1 Å². The predicted octanol–water partition coefficient (Wildman–Crippen LogP) is 2.49. The van der Waals surface area contributed by atoms with Crippen molar-refractivity contribution in [3.05, 3.63) is 65.2 Å². The quantitative estimate of drug-likeness (QED) is 0.902. The van der Waals surface area contributed by atoms with E-state index in [4.69, 9.17) is 10.00 Å². The van der Waals surface area contributed by atoms with Gasteiger partial charge in [0, 0.05) is 5.56 Å². The number of hydrogen-bond donors (Lipinski definition) is 2. The zero-order valence-electron chi connectivity index (χ0n) is 14.2. The number of rotatable bonds is 3. The number of hydrogen-bond acceptors (Lipinski definition) is 4. The first-order chi connectivity index (χ1) is 11.9. The lowest BCUT2D eigenvalue weighted by Gasteiger charge is -2.42. The Morgan fingerprint density at radius 3 is 2.68 bits per heavy atom. The maximum Gasteiger partial charge on any atom is 0.224 e. The van der Waals surface area contributed by atoms with Crippen LogP contribution in [0.5, 0.6) is 5.75 Å². The third-order valence-electron chi connectivity index (χ3n) is 4.40. The molecule has 0 bridgehead atoms. The number of nitriles is 1. The molecule has 2 atom stereocenters. The third-order valence-corrected chi connectivity index (χ3v) is 4.40. The van der Waals surface area contributed by atoms with Gasteiger partial charge >= 0.3 is 0 Å². The lowest BCUT2D eigenvalue weighted by molar-refractivity contribution is -0.125. The normalized spacial score (nSPS) is 20.7. The van der Waals surface area contributed by atoms with E-state index in [1.54, 1.807) is 32.0 Å². The van der Waals surface area contributed by atoms with Crippen molar-refractivity contribution in [1.82, 2.24) is 5.32 Å². The Balaban J connectivity index is 1.88. The van der Waals surface area contributed by atoms with Gasteiger partial charge < -0.3 is 15.2 Å². The van der Waals surface area contributed by atoms with Crippen LogP contribution in [0.15, 0.2) is 48.5 Å². The molecule has 5 nitrogen and oxygen atoms in total. The average Bonchev–Trinajstić information content (AvgIpc) is 2.59. The summed E-state index contributed by atoms with van der Waals surface area (Å²) in [7, 11) is 0. The predicted molar refractivity (Wildman–Crippen MR) is 92.9 cm³/mol. The van der Waals surface area contributed by atoms with Crippen LogP contribution in [0.25, 0.3) is 0 Å². The number of carbonyl (C=O) groups excluding carboxylic acids is 1. The summed E-state index contributed by atoms with van der Waals surface area (Å²) < 4.78 is 5.85. The van der Waals surface area contributed by atoms with Crippen molar-refractivity contribution < 1.29 is 14.6 Å². The first kappa shape index (κ1) is 17.0. The van der Waals surface area contributed by atoms with E-state index in [1.807, 2.05) is 30.3 Å². The van der Waals surface area contributed by atoms with Crippen LogP contribution in [0, 0.1) is 11.3 Å². The van der Waals surface area contributed by atoms with Crippen LogP contribution in [-0.4, -0.2) is 22.7 Å². The molecule has 1 aliphatic rings. The highest BCUT2D eigenvalue weighted by Crippen LogP contribution is 2.40. The molecule has 1 heterocycles. The van der Waals surface area contributed by atoms with E-state index in [2.05, 4.69) is 11.4 Å². The molecule has 2 aromatic carbocycles. The molecule has 0 fully saturated rings. The number of nitrogens with one attached hydrogen (secondary N) is 1. The van der Waals surface area contributed by atoms with E-state index in [0.717, 1.165) is 5.56 Å². The Labute approximate surface area is 146 Å². The minimum absolute atomic E-state index is 0.193. The number of carbonyl (C=O) groups is 1. The van der Waals surface area contributed by atoms with Gasteiger partial charge in [-0.2, -0.15) is 5.26 Å². The molecule has 3 rings (SSSR count). The molecule has 0 aromatic heterocycles. The number of amides is 1. The second-order valence-corrected chi connectivity index (χ2v) is 6.72. The number of ether oxygens (including phenoxy) is 1. The second kappa shape index (κ2) is 6.58. The third kappa shape index (κ3) is 3.49. The molecule has 0 saturated heterocycles. The zero-order valence-corrected chi connectivity index (χ0v) is 14.2. The highest BCUT2D eigenvalue weighted by Gasteiger charge is 2.43. The van der Waals surface area contributed by atoms with E-state index >= 15 is 0 Å². The van der Waals surface area contributed by atoms with Crippen LogP contribution >= 0.6 is 0 Å². The molecule has 0 saturated carbocycles. The molecule has 2 N–H and O–H groups in total. The van der Waals surface area contributed by atoms with E-state index in [0.29, 0.717) is 16.9 Å². The Kier molecular flexibility index (Phi) is 4.47. The molecule has 2 aromatic rings. The maximum absolute atomic E-state index is 12.5. The van der Waals surface area contributed by atoms with Crippen molar-refractivity contribution in [2.45, 2.75) is 38.0 Å². The molecule has 0 aliphatic carbocycles. The standard InChI is InChI=1S/C20H20N2O3/c1-20(2)19(24)18(15-10-14(12-21)8-9-16(15)25-20)22-17(23)11-13-6-4-3-5-7-13/h3-10,18-19,24H,11H2,1-2H3,(H,22,23). The highest BCUT2D eigenvalue weighted by atomic mass is 16.5. The van der Waals surface area contributed by atoms with E-state index < -0.39 is 17.7 Å². The van der Waals surface area contributed by atoms with Gasteiger partial charge in [-0.3, -0.25) is 4.79 Å². The molecule has 25 heavy (non-hydrogen) atoms. The monoisotopic (exact) mass is 336 g/mol. The average molecular weight is 336 g/mol. The summed E-state index contributed by atoms with van der Waals surface area (Å²) in [5.74, 6) is 0.376. The van der Waals surface area contributed by atoms with Crippen LogP contribution in [0.4, 0.5) is 0 Å². The lowest BCUT2D eigenvalue weighted by atomic mass is 9.86. The molecule has 1 amide bonds. The van der Waals surface area contributed by atoms with Gasteiger partial charge in [-0.1, -0.05) is 30.3 Å². The molecule has 0 spiro atoms. The van der Waals surface area contributed by atoms with Gasteiger partial charge in [0.05, 0.1) is 24.1 Å². The summed E-state index contributed by atoms with van der Waals surface area (Å²) in [6.45, 7) is 3.55. The van der Waals surface area contributed by atoms with E-state index in [1.165, 1.54) is 0 Å². The largest absolute Gasteiger partial charge is 0.485 e. The highest BCUT2D eigenvalue weighted by molar-refractivity contribution is 5.79. The van der Waals surface area contributed by atoms with Crippen molar-refractivity contribution >= 4 is 5.91 Å². The summed E-state index contributed by atoms with van der Waals surface area (Å²) in [4.78, 5) is 12.5. The minimum Gasteiger partial charge on any atom is -0.485 e. The van der Waals surface area contributed by atoms with Crippen molar-refractivity contribution in [1.29, 1.82) is 5.26 Å². The summed E-state index contributed by atoms with van der Waals surface area (Å²) in [5, 5.41) is 22.7. The fraction of sp³-hybridized carbons (Fsp3) is 0.300. The molecule has 5 heteroatoms. The van der Waals surface area contributed by atoms with E-state index in [9.17, 15) is 9.90 Å². The number of fused-ring (bicyclic) bond motifs is 1. The van der Waals surface area contributed by atoms with Gasteiger partial charge in [0.2, 0.25) is 5.91 Å². The van der Waals surface area contributed by atoms with Gasteiger partial charge in [-0.25, -0.2) is 0 Å². The first-order valence-electron chi connectivity index (χ1n) is 8.15. The summed E-state index contributed by atoms with van der Waals surface area (Å²) >= 11 is 0. The maximum atomic E-state index is 12.5. The number of benzene rings is 2. The minimum atomic E-state index is -0.936.